The van der Waals surface area contributed by atoms with E-state index in [1.165, 1.54) is 11.1 Å². The molecule has 0 radical (unpaired) electrons. The fraction of sp³-hybridized carbons (Fsp3) is 0.250. The van der Waals surface area contributed by atoms with Gasteiger partial charge in [-0.15, -0.1) is 0 Å². The second-order valence-corrected chi connectivity index (χ2v) is 5.06. The third-order valence-electron chi connectivity index (χ3n) is 3.70. The number of anilines is 1. The lowest BCUT2D eigenvalue weighted by Crippen LogP contribution is -2.39. The molecular formula is C16H17N3O. The highest BCUT2D eigenvalue weighted by molar-refractivity contribution is 5.90. The van der Waals surface area contributed by atoms with E-state index in [0.717, 1.165) is 24.2 Å². The van der Waals surface area contributed by atoms with Crippen LogP contribution in [0.4, 0.5) is 10.5 Å². The molecule has 0 saturated carbocycles. The molecule has 1 aliphatic heterocycles. The highest BCUT2D eigenvalue weighted by atomic mass is 16.2. The van der Waals surface area contributed by atoms with Crippen molar-refractivity contribution in [3.05, 3.63) is 59.4 Å². The summed E-state index contributed by atoms with van der Waals surface area (Å²) in [6, 6.07) is 10.1. The van der Waals surface area contributed by atoms with Crippen molar-refractivity contribution < 1.29 is 4.79 Å². The van der Waals surface area contributed by atoms with Crippen molar-refractivity contribution in [3.8, 4) is 0 Å². The average Bonchev–Trinajstić information content (AvgIpc) is 2.49. The van der Waals surface area contributed by atoms with Gasteiger partial charge in [-0.2, -0.15) is 0 Å². The standard InChI is InChI=1S/C16H17N3O/c1-12-6-8-17-10-15(12)18-16(20)19-9-7-13-4-2-3-5-14(13)11-19/h2-6,8,10H,7,9,11H2,1H3,(H,18,20). The predicted molar refractivity (Wildman–Crippen MR) is 78.5 cm³/mol. The molecule has 0 atom stereocenters. The van der Waals surface area contributed by atoms with Gasteiger partial charge in [-0.05, 0) is 36.1 Å². The van der Waals surface area contributed by atoms with Gasteiger partial charge in [0.15, 0.2) is 0 Å². The van der Waals surface area contributed by atoms with Crippen LogP contribution in [0.15, 0.2) is 42.7 Å². The Hall–Kier alpha value is -2.36. The Morgan fingerprint density at radius 3 is 2.85 bits per heavy atom. The number of benzene rings is 1. The lowest BCUT2D eigenvalue weighted by molar-refractivity contribution is 0.206. The SMILES string of the molecule is Cc1ccncc1NC(=O)N1CCc2ccccc2C1. The molecule has 0 bridgehead atoms. The number of rotatable bonds is 1. The van der Waals surface area contributed by atoms with Crippen molar-refractivity contribution in [1.82, 2.24) is 9.88 Å². The first-order valence-electron chi connectivity index (χ1n) is 6.77. The normalized spacial score (nSPS) is 13.8. The van der Waals surface area contributed by atoms with E-state index < -0.39 is 0 Å². The summed E-state index contributed by atoms with van der Waals surface area (Å²) in [7, 11) is 0. The first kappa shape index (κ1) is 12.7. The first-order valence-corrected chi connectivity index (χ1v) is 6.77. The molecule has 4 heteroatoms. The van der Waals surface area contributed by atoms with Crippen LogP contribution >= 0.6 is 0 Å². The van der Waals surface area contributed by atoms with Crippen molar-refractivity contribution in [2.45, 2.75) is 19.9 Å². The van der Waals surface area contributed by atoms with Gasteiger partial charge in [0.1, 0.15) is 0 Å². The first-order chi connectivity index (χ1) is 9.74. The van der Waals surface area contributed by atoms with Crippen LogP contribution in [0.5, 0.6) is 0 Å². The number of hydrogen-bond acceptors (Lipinski definition) is 2. The number of carbonyl (C=O) groups excluding carboxylic acids is 1. The second-order valence-electron chi connectivity index (χ2n) is 5.06. The molecule has 102 valence electrons. The number of nitrogens with one attached hydrogen (secondary N) is 1. The van der Waals surface area contributed by atoms with E-state index in [-0.39, 0.29) is 6.03 Å². The van der Waals surface area contributed by atoms with Gasteiger partial charge >= 0.3 is 6.03 Å². The van der Waals surface area contributed by atoms with Gasteiger partial charge < -0.3 is 10.2 Å². The summed E-state index contributed by atoms with van der Waals surface area (Å²) >= 11 is 0. The van der Waals surface area contributed by atoms with Crippen molar-refractivity contribution >= 4 is 11.7 Å². The molecular weight excluding hydrogens is 250 g/mol. The summed E-state index contributed by atoms with van der Waals surface area (Å²) in [5.74, 6) is 0. The van der Waals surface area contributed by atoms with Crippen molar-refractivity contribution in [3.63, 3.8) is 0 Å². The smallest absolute Gasteiger partial charge is 0.320 e. The Morgan fingerprint density at radius 2 is 2.05 bits per heavy atom. The third kappa shape index (κ3) is 2.50. The maximum atomic E-state index is 12.3. The summed E-state index contributed by atoms with van der Waals surface area (Å²) < 4.78 is 0. The highest BCUT2D eigenvalue weighted by Crippen LogP contribution is 2.20. The van der Waals surface area contributed by atoms with Crippen LogP contribution < -0.4 is 5.32 Å². The van der Waals surface area contributed by atoms with Crippen LogP contribution in [0.2, 0.25) is 0 Å². The number of nitrogens with zero attached hydrogens (tertiary/aromatic N) is 2. The van der Waals surface area contributed by atoms with Crippen molar-refractivity contribution in [2.75, 3.05) is 11.9 Å². The maximum Gasteiger partial charge on any atom is 0.322 e. The highest BCUT2D eigenvalue weighted by Gasteiger charge is 2.20. The van der Waals surface area contributed by atoms with E-state index in [4.69, 9.17) is 0 Å². The summed E-state index contributed by atoms with van der Waals surface area (Å²) in [6.07, 6.45) is 4.32. The zero-order valence-corrected chi connectivity index (χ0v) is 11.5. The van der Waals surface area contributed by atoms with Crippen LogP contribution in [0.3, 0.4) is 0 Å². The van der Waals surface area contributed by atoms with Crippen molar-refractivity contribution in [1.29, 1.82) is 0 Å². The number of carbonyl (C=O) groups is 1. The zero-order valence-electron chi connectivity index (χ0n) is 11.5. The van der Waals surface area contributed by atoms with E-state index in [9.17, 15) is 4.79 Å². The molecule has 2 heterocycles. The number of pyridine rings is 1. The Morgan fingerprint density at radius 1 is 1.25 bits per heavy atom. The largest absolute Gasteiger partial charge is 0.322 e. The Balaban J connectivity index is 1.72. The fourth-order valence-electron chi connectivity index (χ4n) is 2.46. The van der Waals surface area contributed by atoms with Gasteiger partial charge in [0.2, 0.25) is 0 Å². The van der Waals surface area contributed by atoms with Gasteiger partial charge in [0.25, 0.3) is 0 Å². The molecule has 3 rings (SSSR count). The Bertz CT molecular complexity index is 639. The second kappa shape index (κ2) is 5.33. The lowest BCUT2D eigenvalue weighted by atomic mass is 10.0. The molecule has 0 fully saturated rings. The quantitative estimate of drug-likeness (QED) is 0.863. The third-order valence-corrected chi connectivity index (χ3v) is 3.70. The number of amides is 2. The van der Waals surface area contributed by atoms with Gasteiger partial charge in [0, 0.05) is 19.3 Å². The van der Waals surface area contributed by atoms with Crippen LogP contribution in [0.1, 0.15) is 16.7 Å². The molecule has 1 N–H and O–H groups in total. The summed E-state index contributed by atoms with van der Waals surface area (Å²) in [5.41, 5.74) is 4.37. The monoisotopic (exact) mass is 267 g/mol. The Kier molecular flexibility index (Phi) is 3.37. The van der Waals surface area contributed by atoms with E-state index >= 15 is 0 Å². The molecule has 0 unspecified atom stereocenters. The zero-order chi connectivity index (χ0) is 13.9. The van der Waals surface area contributed by atoms with E-state index in [1.54, 1.807) is 12.4 Å². The van der Waals surface area contributed by atoms with Crippen LogP contribution in [0.25, 0.3) is 0 Å². The number of hydrogen-bond donors (Lipinski definition) is 1. The minimum Gasteiger partial charge on any atom is -0.320 e. The van der Waals surface area contributed by atoms with E-state index in [2.05, 4.69) is 22.4 Å². The van der Waals surface area contributed by atoms with E-state index in [0.29, 0.717) is 6.54 Å². The molecule has 1 aromatic heterocycles. The minimum absolute atomic E-state index is 0.0596. The molecule has 1 aromatic carbocycles. The van der Waals surface area contributed by atoms with Gasteiger partial charge in [-0.25, -0.2) is 4.79 Å². The molecule has 4 nitrogen and oxygen atoms in total. The van der Waals surface area contributed by atoms with Gasteiger partial charge in [0.05, 0.1) is 11.9 Å². The molecule has 0 saturated heterocycles. The summed E-state index contributed by atoms with van der Waals surface area (Å²) in [5, 5.41) is 2.94. The van der Waals surface area contributed by atoms with Crippen molar-refractivity contribution in [2.24, 2.45) is 0 Å². The summed E-state index contributed by atoms with van der Waals surface area (Å²) in [6.45, 7) is 3.38. The number of aryl methyl sites for hydroxylation is 1. The predicted octanol–water partition coefficient (Wildman–Crippen LogP) is 2.98. The molecule has 1 aliphatic rings. The number of fused-ring (bicyclic) bond motifs is 1. The molecule has 2 amide bonds. The molecule has 0 aliphatic carbocycles. The van der Waals surface area contributed by atoms with Gasteiger partial charge in [-0.3, -0.25) is 4.98 Å². The van der Waals surface area contributed by atoms with E-state index in [1.807, 2.05) is 30.0 Å². The molecule has 20 heavy (non-hydrogen) atoms. The van der Waals surface area contributed by atoms with Crippen LogP contribution in [-0.2, 0) is 13.0 Å². The van der Waals surface area contributed by atoms with Crippen LogP contribution in [0, 0.1) is 6.92 Å². The molecule has 0 spiro atoms. The van der Waals surface area contributed by atoms with Crippen LogP contribution in [-0.4, -0.2) is 22.5 Å². The topological polar surface area (TPSA) is 45.2 Å². The fourth-order valence-corrected chi connectivity index (χ4v) is 2.46. The Labute approximate surface area is 118 Å². The number of aromatic nitrogens is 1. The van der Waals surface area contributed by atoms with Gasteiger partial charge in [-0.1, -0.05) is 24.3 Å². The minimum atomic E-state index is -0.0596. The summed E-state index contributed by atoms with van der Waals surface area (Å²) in [4.78, 5) is 18.2. The lowest BCUT2D eigenvalue weighted by Gasteiger charge is -2.29. The number of urea groups is 1. The average molecular weight is 267 g/mol. The molecule has 2 aromatic rings. The maximum absolute atomic E-state index is 12.3.